The molecule has 2 rings (SSSR count). The van der Waals surface area contributed by atoms with Crippen LogP contribution >= 0.6 is 0 Å². The lowest BCUT2D eigenvalue weighted by molar-refractivity contribution is -0.117. The number of rotatable bonds is 1. The van der Waals surface area contributed by atoms with Crippen molar-refractivity contribution in [1.29, 1.82) is 0 Å². The third-order valence-corrected chi connectivity index (χ3v) is 2.86. The van der Waals surface area contributed by atoms with Crippen molar-refractivity contribution >= 4 is 23.3 Å². The standard InChI is InChI=1S/C11H12N2O3/c1-6-10(14)12-9-7(11(15)16)4-3-5-8(9)13(6)2/h3-6H,1-2H3,(H,12,14)(H,15,16). The van der Waals surface area contributed by atoms with Crippen molar-refractivity contribution < 1.29 is 14.7 Å². The molecule has 1 heterocycles. The molecule has 1 aromatic carbocycles. The lowest BCUT2D eigenvalue weighted by Gasteiger charge is -2.33. The SMILES string of the molecule is CC1C(=O)Nc2c(C(=O)O)cccc2N1C. The first-order valence-corrected chi connectivity index (χ1v) is 4.92. The second kappa shape index (κ2) is 3.52. The number of aromatic carboxylic acids is 1. The molecule has 1 aliphatic rings. The van der Waals surface area contributed by atoms with Crippen molar-refractivity contribution in [3.63, 3.8) is 0 Å². The normalized spacial score (nSPS) is 19.0. The average Bonchev–Trinajstić information content (AvgIpc) is 2.25. The molecule has 84 valence electrons. The first-order valence-electron chi connectivity index (χ1n) is 4.92. The second-order valence-corrected chi connectivity index (χ2v) is 3.78. The van der Waals surface area contributed by atoms with Gasteiger partial charge in [0.05, 0.1) is 16.9 Å². The summed E-state index contributed by atoms with van der Waals surface area (Å²) in [5.74, 6) is -1.23. The molecule has 5 heteroatoms. The number of hydrogen-bond donors (Lipinski definition) is 2. The molecule has 1 aliphatic heterocycles. The number of likely N-dealkylation sites (N-methyl/N-ethyl adjacent to an activating group) is 1. The number of amides is 1. The quantitative estimate of drug-likeness (QED) is 0.745. The lowest BCUT2D eigenvalue weighted by Crippen LogP contribution is -2.44. The van der Waals surface area contributed by atoms with E-state index in [0.717, 1.165) is 5.69 Å². The maximum atomic E-state index is 11.6. The number of carboxylic acids is 1. The molecule has 0 spiro atoms. The van der Waals surface area contributed by atoms with Gasteiger partial charge in [-0.15, -0.1) is 0 Å². The van der Waals surface area contributed by atoms with E-state index in [1.807, 2.05) is 0 Å². The van der Waals surface area contributed by atoms with E-state index in [-0.39, 0.29) is 17.5 Å². The molecular formula is C11H12N2O3. The van der Waals surface area contributed by atoms with Crippen molar-refractivity contribution in [3.8, 4) is 0 Å². The van der Waals surface area contributed by atoms with Crippen LogP contribution in [0.3, 0.4) is 0 Å². The van der Waals surface area contributed by atoms with Crippen molar-refractivity contribution in [2.45, 2.75) is 13.0 Å². The first kappa shape index (κ1) is 10.5. The van der Waals surface area contributed by atoms with E-state index < -0.39 is 5.97 Å². The van der Waals surface area contributed by atoms with Gasteiger partial charge in [0.25, 0.3) is 0 Å². The summed E-state index contributed by atoms with van der Waals surface area (Å²) in [4.78, 5) is 24.4. The van der Waals surface area contributed by atoms with E-state index >= 15 is 0 Å². The number of carbonyl (C=O) groups excluding carboxylic acids is 1. The summed E-state index contributed by atoms with van der Waals surface area (Å²) in [6, 6.07) is 4.64. The van der Waals surface area contributed by atoms with Gasteiger partial charge >= 0.3 is 5.97 Å². The van der Waals surface area contributed by atoms with Crippen LogP contribution in [-0.4, -0.2) is 30.1 Å². The van der Waals surface area contributed by atoms with Gasteiger partial charge in [0, 0.05) is 7.05 Å². The molecule has 16 heavy (non-hydrogen) atoms. The summed E-state index contributed by atoms with van der Waals surface area (Å²) in [5, 5.41) is 11.6. The van der Waals surface area contributed by atoms with Crippen LogP contribution in [-0.2, 0) is 4.79 Å². The fraction of sp³-hybridized carbons (Fsp3) is 0.273. The molecule has 0 radical (unpaired) electrons. The van der Waals surface area contributed by atoms with Gasteiger partial charge in [0.1, 0.15) is 6.04 Å². The summed E-state index contributed by atoms with van der Waals surface area (Å²) in [6.45, 7) is 1.77. The third-order valence-electron chi connectivity index (χ3n) is 2.86. The minimum Gasteiger partial charge on any atom is -0.478 e. The second-order valence-electron chi connectivity index (χ2n) is 3.78. The van der Waals surface area contributed by atoms with E-state index in [0.29, 0.717) is 5.69 Å². The fourth-order valence-electron chi connectivity index (χ4n) is 1.76. The number of carbonyl (C=O) groups is 2. The zero-order chi connectivity index (χ0) is 11.9. The predicted octanol–water partition coefficient (Wildman–Crippen LogP) is 1.16. The maximum absolute atomic E-state index is 11.6. The monoisotopic (exact) mass is 220 g/mol. The van der Waals surface area contributed by atoms with Gasteiger partial charge in [-0.1, -0.05) is 6.07 Å². The first-order chi connectivity index (χ1) is 7.52. The van der Waals surface area contributed by atoms with E-state index in [9.17, 15) is 9.59 Å². The Kier molecular flexibility index (Phi) is 2.30. The highest BCUT2D eigenvalue weighted by molar-refractivity contribution is 6.09. The van der Waals surface area contributed by atoms with Crippen molar-refractivity contribution in [3.05, 3.63) is 23.8 Å². The minimum absolute atomic E-state index is 0.115. The van der Waals surface area contributed by atoms with Gasteiger partial charge in [-0.2, -0.15) is 0 Å². The third kappa shape index (κ3) is 1.41. The number of hydrogen-bond acceptors (Lipinski definition) is 3. The number of benzene rings is 1. The molecule has 1 aromatic rings. The summed E-state index contributed by atoms with van der Waals surface area (Å²) in [6.07, 6.45) is 0. The molecular weight excluding hydrogens is 208 g/mol. The summed E-state index contributed by atoms with van der Waals surface area (Å²) in [7, 11) is 1.77. The van der Waals surface area contributed by atoms with Crippen LogP contribution in [0.2, 0.25) is 0 Å². The molecule has 0 aliphatic carbocycles. The van der Waals surface area contributed by atoms with Gasteiger partial charge in [0.2, 0.25) is 5.91 Å². The van der Waals surface area contributed by atoms with Gasteiger partial charge < -0.3 is 15.3 Å². The topological polar surface area (TPSA) is 69.6 Å². The Bertz CT molecular complexity index is 470. The highest BCUT2D eigenvalue weighted by Crippen LogP contribution is 2.33. The number of nitrogens with one attached hydrogen (secondary N) is 1. The Morgan fingerprint density at radius 1 is 1.50 bits per heavy atom. The number of nitrogens with zero attached hydrogens (tertiary/aromatic N) is 1. The lowest BCUT2D eigenvalue weighted by atomic mass is 10.1. The number of para-hydroxylation sites is 1. The molecule has 0 aromatic heterocycles. The van der Waals surface area contributed by atoms with Crippen molar-refractivity contribution in [1.82, 2.24) is 0 Å². The molecule has 1 amide bonds. The molecule has 1 atom stereocenters. The highest BCUT2D eigenvalue weighted by atomic mass is 16.4. The van der Waals surface area contributed by atoms with Crippen LogP contribution < -0.4 is 10.2 Å². The Morgan fingerprint density at radius 3 is 2.81 bits per heavy atom. The highest BCUT2D eigenvalue weighted by Gasteiger charge is 2.29. The van der Waals surface area contributed by atoms with E-state index in [2.05, 4.69) is 5.32 Å². The Hall–Kier alpha value is -2.04. The Balaban J connectivity index is 2.60. The minimum atomic E-state index is -1.04. The van der Waals surface area contributed by atoms with E-state index in [4.69, 9.17) is 5.11 Å². The zero-order valence-electron chi connectivity index (χ0n) is 9.02. The van der Waals surface area contributed by atoms with Crippen molar-refractivity contribution in [2.75, 3.05) is 17.3 Å². The van der Waals surface area contributed by atoms with Crippen molar-refractivity contribution in [2.24, 2.45) is 0 Å². The number of carboxylic acid groups (broad SMARTS) is 1. The summed E-state index contributed by atoms with van der Waals surface area (Å²) < 4.78 is 0. The molecule has 0 saturated heterocycles. The number of anilines is 2. The molecule has 5 nitrogen and oxygen atoms in total. The smallest absolute Gasteiger partial charge is 0.337 e. The van der Waals surface area contributed by atoms with Gasteiger partial charge in [0.15, 0.2) is 0 Å². The van der Waals surface area contributed by atoms with Gasteiger partial charge in [-0.25, -0.2) is 4.79 Å². The molecule has 0 fully saturated rings. The summed E-state index contributed by atoms with van der Waals surface area (Å²) in [5.41, 5.74) is 1.22. The molecule has 2 N–H and O–H groups in total. The molecule has 0 bridgehead atoms. The van der Waals surface area contributed by atoms with E-state index in [1.165, 1.54) is 6.07 Å². The maximum Gasteiger partial charge on any atom is 0.337 e. The van der Waals surface area contributed by atoms with Crippen LogP contribution in [0.5, 0.6) is 0 Å². The number of fused-ring (bicyclic) bond motifs is 1. The van der Waals surface area contributed by atoms with Crippen LogP contribution in [0, 0.1) is 0 Å². The largest absolute Gasteiger partial charge is 0.478 e. The Morgan fingerprint density at radius 2 is 2.19 bits per heavy atom. The van der Waals surface area contributed by atoms with E-state index in [1.54, 1.807) is 31.0 Å². The van der Waals surface area contributed by atoms with Crippen LogP contribution in [0.25, 0.3) is 0 Å². The average molecular weight is 220 g/mol. The van der Waals surface area contributed by atoms with Crippen LogP contribution in [0.15, 0.2) is 18.2 Å². The van der Waals surface area contributed by atoms with Gasteiger partial charge in [-0.05, 0) is 19.1 Å². The van der Waals surface area contributed by atoms with Gasteiger partial charge in [-0.3, -0.25) is 4.79 Å². The summed E-state index contributed by atoms with van der Waals surface area (Å²) >= 11 is 0. The molecule has 1 unspecified atom stereocenters. The zero-order valence-corrected chi connectivity index (χ0v) is 9.02. The fourth-order valence-corrected chi connectivity index (χ4v) is 1.76. The van der Waals surface area contributed by atoms with Crippen LogP contribution in [0.4, 0.5) is 11.4 Å². The predicted molar refractivity (Wildman–Crippen MR) is 59.9 cm³/mol. The van der Waals surface area contributed by atoms with Crippen LogP contribution in [0.1, 0.15) is 17.3 Å². The molecule has 0 saturated carbocycles. The Labute approximate surface area is 92.7 Å².